The summed E-state index contributed by atoms with van der Waals surface area (Å²) in [5, 5.41) is 0. The third-order valence-corrected chi connectivity index (χ3v) is 3.85. The van der Waals surface area contributed by atoms with Crippen molar-refractivity contribution in [1.29, 1.82) is 0 Å². The highest BCUT2D eigenvalue weighted by molar-refractivity contribution is 4.81. The molecule has 1 aliphatic rings. The maximum atomic E-state index is 6.22. The molecule has 1 rings (SSSR count). The smallest absolute Gasteiger partial charge is 0.00670 e. The van der Waals surface area contributed by atoms with Crippen LogP contribution >= 0.6 is 0 Å². The van der Waals surface area contributed by atoms with E-state index >= 15 is 0 Å². The molecule has 14 heavy (non-hydrogen) atoms. The summed E-state index contributed by atoms with van der Waals surface area (Å²) in [6.07, 6.45) is 9.32. The van der Waals surface area contributed by atoms with Gasteiger partial charge in [-0.2, -0.15) is 0 Å². The molecule has 0 aliphatic heterocycles. The monoisotopic (exact) mass is 197 g/mol. The van der Waals surface area contributed by atoms with Gasteiger partial charge in [-0.05, 0) is 43.4 Å². The van der Waals surface area contributed by atoms with Crippen molar-refractivity contribution in [2.45, 2.75) is 71.8 Å². The molecule has 0 aromatic heterocycles. The Labute approximate surface area is 89.5 Å². The van der Waals surface area contributed by atoms with Crippen LogP contribution in [0, 0.1) is 11.3 Å². The lowest BCUT2D eigenvalue weighted by atomic mass is 9.84. The van der Waals surface area contributed by atoms with Crippen molar-refractivity contribution in [3.63, 3.8) is 0 Å². The molecule has 2 unspecified atom stereocenters. The van der Waals surface area contributed by atoms with E-state index in [0.29, 0.717) is 11.5 Å². The molecular formula is C13H27N. The van der Waals surface area contributed by atoms with Gasteiger partial charge in [-0.25, -0.2) is 0 Å². The Kier molecular flexibility index (Phi) is 4.43. The van der Waals surface area contributed by atoms with Crippen LogP contribution in [-0.2, 0) is 0 Å². The van der Waals surface area contributed by atoms with Gasteiger partial charge < -0.3 is 5.73 Å². The molecule has 2 atom stereocenters. The van der Waals surface area contributed by atoms with Crippen LogP contribution in [0.5, 0.6) is 0 Å². The zero-order valence-corrected chi connectivity index (χ0v) is 10.2. The quantitative estimate of drug-likeness (QED) is 0.686. The lowest BCUT2D eigenvalue weighted by Gasteiger charge is -2.24. The van der Waals surface area contributed by atoms with Crippen LogP contribution in [0.3, 0.4) is 0 Å². The minimum Gasteiger partial charge on any atom is -0.327 e. The van der Waals surface area contributed by atoms with Gasteiger partial charge in [-0.1, -0.05) is 33.6 Å². The van der Waals surface area contributed by atoms with Crippen molar-refractivity contribution in [3.8, 4) is 0 Å². The summed E-state index contributed by atoms with van der Waals surface area (Å²) in [6, 6.07) is 0.467. The van der Waals surface area contributed by atoms with E-state index in [1.54, 1.807) is 0 Å². The summed E-state index contributed by atoms with van der Waals surface area (Å²) in [5.41, 5.74) is 6.79. The van der Waals surface area contributed by atoms with Crippen LogP contribution in [0.4, 0.5) is 0 Å². The predicted molar refractivity (Wildman–Crippen MR) is 63.2 cm³/mol. The van der Waals surface area contributed by atoms with Gasteiger partial charge in [0, 0.05) is 6.04 Å². The molecule has 0 aromatic rings. The fourth-order valence-electron chi connectivity index (χ4n) is 2.69. The first-order valence-electron chi connectivity index (χ1n) is 6.31. The van der Waals surface area contributed by atoms with Crippen LogP contribution in [0.15, 0.2) is 0 Å². The van der Waals surface area contributed by atoms with Gasteiger partial charge in [0.2, 0.25) is 0 Å². The Hall–Kier alpha value is -0.0400. The molecule has 1 fully saturated rings. The largest absolute Gasteiger partial charge is 0.327 e. The van der Waals surface area contributed by atoms with E-state index in [1.165, 1.54) is 44.9 Å². The van der Waals surface area contributed by atoms with E-state index in [4.69, 9.17) is 5.73 Å². The third-order valence-electron chi connectivity index (χ3n) is 3.85. The van der Waals surface area contributed by atoms with Crippen molar-refractivity contribution < 1.29 is 0 Å². The van der Waals surface area contributed by atoms with E-state index < -0.39 is 0 Å². The Bertz CT molecular complexity index is 163. The summed E-state index contributed by atoms with van der Waals surface area (Å²) in [7, 11) is 0. The molecule has 0 heterocycles. The van der Waals surface area contributed by atoms with Gasteiger partial charge in [-0.15, -0.1) is 0 Å². The fourth-order valence-corrected chi connectivity index (χ4v) is 2.69. The first-order chi connectivity index (χ1) is 6.55. The van der Waals surface area contributed by atoms with Gasteiger partial charge >= 0.3 is 0 Å². The Morgan fingerprint density at radius 1 is 1.29 bits per heavy atom. The molecule has 0 bridgehead atoms. The van der Waals surface area contributed by atoms with Gasteiger partial charge in [-0.3, -0.25) is 0 Å². The van der Waals surface area contributed by atoms with Crippen LogP contribution in [0.1, 0.15) is 65.7 Å². The molecule has 0 saturated heterocycles. The standard InChI is InChI=1S/C13H27N/c1-4-6-12(14)11-7-5-9-13(2,3)10-8-11/h11-12H,4-10,14H2,1-3H3. The summed E-state index contributed by atoms with van der Waals surface area (Å²) in [4.78, 5) is 0. The third kappa shape index (κ3) is 3.61. The molecular weight excluding hydrogens is 170 g/mol. The zero-order valence-electron chi connectivity index (χ0n) is 10.2. The first-order valence-corrected chi connectivity index (χ1v) is 6.31. The highest BCUT2D eigenvalue weighted by atomic mass is 14.6. The molecule has 0 aromatic carbocycles. The van der Waals surface area contributed by atoms with Crippen molar-refractivity contribution in [3.05, 3.63) is 0 Å². The maximum absolute atomic E-state index is 6.22. The van der Waals surface area contributed by atoms with Gasteiger partial charge in [0.25, 0.3) is 0 Å². The second-order valence-electron chi connectivity index (χ2n) is 5.81. The van der Waals surface area contributed by atoms with Crippen LogP contribution in [-0.4, -0.2) is 6.04 Å². The number of hydrogen-bond donors (Lipinski definition) is 1. The van der Waals surface area contributed by atoms with Gasteiger partial charge in [0.1, 0.15) is 0 Å². The van der Waals surface area contributed by atoms with E-state index in [9.17, 15) is 0 Å². The second-order valence-corrected chi connectivity index (χ2v) is 5.81. The predicted octanol–water partition coefficient (Wildman–Crippen LogP) is 3.72. The van der Waals surface area contributed by atoms with Crippen molar-refractivity contribution in [2.24, 2.45) is 17.1 Å². The van der Waals surface area contributed by atoms with Crippen LogP contribution in [0.25, 0.3) is 0 Å². The lowest BCUT2D eigenvalue weighted by Crippen LogP contribution is -2.29. The minimum absolute atomic E-state index is 0.467. The van der Waals surface area contributed by atoms with Gasteiger partial charge in [0.05, 0.1) is 0 Å². The van der Waals surface area contributed by atoms with Crippen LogP contribution < -0.4 is 5.73 Å². The van der Waals surface area contributed by atoms with Crippen molar-refractivity contribution >= 4 is 0 Å². The molecule has 0 radical (unpaired) electrons. The SMILES string of the molecule is CCCC(N)C1CCCC(C)(C)CC1. The first kappa shape index (κ1) is 12.0. The highest BCUT2D eigenvalue weighted by Crippen LogP contribution is 2.37. The lowest BCUT2D eigenvalue weighted by molar-refractivity contribution is 0.297. The number of nitrogens with two attached hydrogens (primary N) is 1. The molecule has 0 spiro atoms. The van der Waals surface area contributed by atoms with Gasteiger partial charge in [0.15, 0.2) is 0 Å². The number of rotatable bonds is 3. The van der Waals surface area contributed by atoms with Crippen molar-refractivity contribution in [2.75, 3.05) is 0 Å². The Morgan fingerprint density at radius 3 is 2.64 bits per heavy atom. The average Bonchev–Trinajstić information content (AvgIpc) is 2.27. The summed E-state index contributed by atoms with van der Waals surface area (Å²) in [5.74, 6) is 0.803. The van der Waals surface area contributed by atoms with E-state index in [0.717, 1.165) is 5.92 Å². The van der Waals surface area contributed by atoms with Crippen LogP contribution in [0.2, 0.25) is 0 Å². The Morgan fingerprint density at radius 2 is 2.00 bits per heavy atom. The van der Waals surface area contributed by atoms with E-state index in [-0.39, 0.29) is 0 Å². The second kappa shape index (κ2) is 5.16. The Balaban J connectivity index is 2.41. The molecule has 1 heteroatoms. The zero-order chi connectivity index (χ0) is 10.6. The molecule has 1 saturated carbocycles. The summed E-state index contributed by atoms with van der Waals surface area (Å²) >= 11 is 0. The normalized spacial score (nSPS) is 29.6. The fraction of sp³-hybridized carbons (Fsp3) is 1.00. The summed E-state index contributed by atoms with van der Waals surface area (Å²) < 4.78 is 0. The minimum atomic E-state index is 0.467. The topological polar surface area (TPSA) is 26.0 Å². The van der Waals surface area contributed by atoms with E-state index in [1.807, 2.05) is 0 Å². The molecule has 0 amide bonds. The molecule has 1 nitrogen and oxygen atoms in total. The van der Waals surface area contributed by atoms with E-state index in [2.05, 4.69) is 20.8 Å². The molecule has 2 N–H and O–H groups in total. The van der Waals surface area contributed by atoms with Crippen molar-refractivity contribution in [1.82, 2.24) is 0 Å². The highest BCUT2D eigenvalue weighted by Gasteiger charge is 2.26. The maximum Gasteiger partial charge on any atom is 0.00670 e. The molecule has 1 aliphatic carbocycles. The molecule has 84 valence electrons. The number of hydrogen-bond acceptors (Lipinski definition) is 1. The average molecular weight is 197 g/mol. The summed E-state index contributed by atoms with van der Waals surface area (Å²) in [6.45, 7) is 7.04.